The zero-order valence-corrected chi connectivity index (χ0v) is 12.4. The predicted octanol–water partition coefficient (Wildman–Crippen LogP) is 1.65. The summed E-state index contributed by atoms with van der Waals surface area (Å²) in [6.45, 7) is 3.92. The van der Waals surface area contributed by atoms with Crippen molar-refractivity contribution in [3.05, 3.63) is 10.9 Å². The van der Waals surface area contributed by atoms with Gasteiger partial charge in [-0.25, -0.2) is 4.98 Å². The largest absolute Gasteiger partial charge is 0.394 e. The Morgan fingerprint density at radius 1 is 1.40 bits per heavy atom. The van der Waals surface area contributed by atoms with E-state index in [4.69, 9.17) is 15.6 Å². The van der Waals surface area contributed by atoms with Crippen LogP contribution >= 0.6 is 11.3 Å². The molecule has 0 aliphatic carbocycles. The lowest BCUT2D eigenvalue weighted by Gasteiger charge is -2.07. The summed E-state index contributed by atoms with van der Waals surface area (Å²) in [4.78, 5) is 10.7. The molecule has 0 unspecified atom stereocenters. The Morgan fingerprint density at radius 3 is 3.00 bits per heavy atom. The molecule has 0 atom stereocenters. The Morgan fingerprint density at radius 2 is 2.25 bits per heavy atom. The fraction of sp³-hybridized carbons (Fsp3) is 0.538. The Labute approximate surface area is 122 Å². The number of aliphatic hydroxyl groups excluding tert-OH is 1. The molecule has 0 spiro atoms. The normalized spacial score (nSPS) is 11.1. The highest BCUT2D eigenvalue weighted by atomic mass is 32.1. The van der Waals surface area contributed by atoms with Crippen molar-refractivity contribution in [1.29, 1.82) is 0 Å². The van der Waals surface area contributed by atoms with Crippen LogP contribution in [0.15, 0.2) is 6.07 Å². The summed E-state index contributed by atoms with van der Waals surface area (Å²) >= 11 is 1.65. The minimum absolute atomic E-state index is 0.0607. The first kappa shape index (κ1) is 15.0. The fourth-order valence-corrected chi connectivity index (χ4v) is 2.82. The number of ether oxygens (including phenoxy) is 1. The number of aliphatic hydroxyl groups is 1. The van der Waals surface area contributed by atoms with E-state index in [1.54, 1.807) is 11.3 Å². The number of hydrogen-bond acceptors (Lipinski definition) is 7. The maximum Gasteiger partial charge on any atom is 0.223 e. The van der Waals surface area contributed by atoms with Gasteiger partial charge in [0, 0.05) is 18.0 Å². The van der Waals surface area contributed by atoms with Gasteiger partial charge in [-0.2, -0.15) is 4.98 Å². The summed E-state index contributed by atoms with van der Waals surface area (Å²) in [6.07, 6.45) is 1.82. The Kier molecular flexibility index (Phi) is 5.51. The SMILES string of the molecule is CCc1cc2c(NCCCOCCO)nc(N)nc2s1. The van der Waals surface area contributed by atoms with E-state index in [1.807, 2.05) is 0 Å². The molecular weight excluding hydrogens is 276 g/mol. The number of fused-ring (bicyclic) bond motifs is 1. The van der Waals surface area contributed by atoms with Gasteiger partial charge in [0.25, 0.3) is 0 Å². The lowest BCUT2D eigenvalue weighted by atomic mass is 10.3. The molecule has 2 aromatic rings. The number of aromatic nitrogens is 2. The van der Waals surface area contributed by atoms with Crippen molar-refractivity contribution in [1.82, 2.24) is 9.97 Å². The number of hydrogen-bond donors (Lipinski definition) is 3. The molecule has 0 bridgehead atoms. The average molecular weight is 296 g/mol. The van der Waals surface area contributed by atoms with E-state index in [9.17, 15) is 0 Å². The number of rotatable bonds is 8. The second-order valence-electron chi connectivity index (χ2n) is 4.33. The molecule has 0 aromatic carbocycles. The zero-order valence-electron chi connectivity index (χ0n) is 11.6. The number of aryl methyl sites for hydroxylation is 1. The van der Waals surface area contributed by atoms with E-state index < -0.39 is 0 Å². The van der Waals surface area contributed by atoms with Gasteiger partial charge in [-0.3, -0.25) is 0 Å². The predicted molar refractivity (Wildman–Crippen MR) is 82.2 cm³/mol. The highest BCUT2D eigenvalue weighted by molar-refractivity contribution is 7.18. The van der Waals surface area contributed by atoms with Crippen molar-refractivity contribution in [2.75, 3.05) is 37.4 Å². The number of nitrogens with zero attached hydrogens (tertiary/aromatic N) is 2. The summed E-state index contributed by atoms with van der Waals surface area (Å²) in [5.74, 6) is 1.08. The lowest BCUT2D eigenvalue weighted by molar-refractivity contribution is 0.0922. The molecular formula is C13H20N4O2S. The Balaban J connectivity index is 1.99. The van der Waals surface area contributed by atoms with Gasteiger partial charge in [-0.05, 0) is 18.9 Å². The first-order chi connectivity index (χ1) is 9.74. The molecule has 0 saturated carbocycles. The van der Waals surface area contributed by atoms with Gasteiger partial charge in [0.1, 0.15) is 10.6 Å². The molecule has 6 nitrogen and oxygen atoms in total. The minimum Gasteiger partial charge on any atom is -0.394 e. The van der Waals surface area contributed by atoms with Crippen LogP contribution in [0.4, 0.5) is 11.8 Å². The van der Waals surface area contributed by atoms with Crippen molar-refractivity contribution in [3.8, 4) is 0 Å². The van der Waals surface area contributed by atoms with Crippen LogP contribution < -0.4 is 11.1 Å². The van der Waals surface area contributed by atoms with Gasteiger partial charge < -0.3 is 20.9 Å². The third-order valence-corrected chi connectivity index (χ3v) is 3.98. The second-order valence-corrected chi connectivity index (χ2v) is 5.45. The molecule has 0 fully saturated rings. The van der Waals surface area contributed by atoms with E-state index in [0.717, 1.165) is 35.4 Å². The van der Waals surface area contributed by atoms with E-state index in [-0.39, 0.29) is 6.61 Å². The van der Waals surface area contributed by atoms with Crippen LogP contribution in [0.2, 0.25) is 0 Å². The molecule has 20 heavy (non-hydrogen) atoms. The first-order valence-electron chi connectivity index (χ1n) is 6.73. The van der Waals surface area contributed by atoms with E-state index in [1.165, 1.54) is 4.88 Å². The average Bonchev–Trinajstić information content (AvgIpc) is 2.85. The van der Waals surface area contributed by atoms with Gasteiger partial charge in [-0.1, -0.05) is 6.92 Å². The smallest absolute Gasteiger partial charge is 0.223 e. The second kappa shape index (κ2) is 7.37. The van der Waals surface area contributed by atoms with Crippen LogP contribution in [-0.2, 0) is 11.2 Å². The van der Waals surface area contributed by atoms with Crippen LogP contribution in [-0.4, -0.2) is 41.4 Å². The monoisotopic (exact) mass is 296 g/mol. The van der Waals surface area contributed by atoms with Crippen LogP contribution in [0.3, 0.4) is 0 Å². The molecule has 2 rings (SSSR count). The van der Waals surface area contributed by atoms with E-state index in [2.05, 4.69) is 28.3 Å². The summed E-state index contributed by atoms with van der Waals surface area (Å²) < 4.78 is 5.21. The number of anilines is 2. The van der Waals surface area contributed by atoms with Crippen molar-refractivity contribution in [2.45, 2.75) is 19.8 Å². The van der Waals surface area contributed by atoms with Crippen LogP contribution in [0.5, 0.6) is 0 Å². The van der Waals surface area contributed by atoms with Gasteiger partial charge >= 0.3 is 0 Å². The third kappa shape index (κ3) is 3.78. The molecule has 0 amide bonds. The van der Waals surface area contributed by atoms with E-state index >= 15 is 0 Å². The van der Waals surface area contributed by atoms with Crippen LogP contribution in [0, 0.1) is 0 Å². The van der Waals surface area contributed by atoms with Crippen molar-refractivity contribution in [3.63, 3.8) is 0 Å². The summed E-state index contributed by atoms with van der Waals surface area (Å²) in [7, 11) is 0. The zero-order chi connectivity index (χ0) is 14.4. The van der Waals surface area contributed by atoms with Gasteiger partial charge in [0.15, 0.2) is 0 Å². The maximum absolute atomic E-state index is 8.61. The molecule has 4 N–H and O–H groups in total. The quantitative estimate of drug-likeness (QED) is 0.641. The molecule has 7 heteroatoms. The van der Waals surface area contributed by atoms with Gasteiger partial charge in [0.05, 0.1) is 18.6 Å². The minimum atomic E-state index is 0.0607. The summed E-state index contributed by atoms with van der Waals surface area (Å²) in [5.41, 5.74) is 5.74. The highest BCUT2D eigenvalue weighted by Gasteiger charge is 2.09. The van der Waals surface area contributed by atoms with Crippen LogP contribution in [0.1, 0.15) is 18.2 Å². The Bertz CT molecular complexity index is 559. The maximum atomic E-state index is 8.61. The number of thiophene rings is 1. The van der Waals surface area contributed by atoms with E-state index in [0.29, 0.717) is 19.2 Å². The molecule has 0 aliphatic rings. The first-order valence-corrected chi connectivity index (χ1v) is 7.54. The topological polar surface area (TPSA) is 93.3 Å². The number of nitrogen functional groups attached to an aromatic ring is 1. The van der Waals surface area contributed by atoms with Crippen molar-refractivity contribution >= 4 is 33.3 Å². The molecule has 2 aromatic heterocycles. The molecule has 0 aliphatic heterocycles. The Hall–Kier alpha value is -1.44. The van der Waals surface area contributed by atoms with Gasteiger partial charge in [-0.15, -0.1) is 11.3 Å². The number of nitrogens with one attached hydrogen (secondary N) is 1. The van der Waals surface area contributed by atoms with Crippen molar-refractivity contribution in [2.24, 2.45) is 0 Å². The molecule has 110 valence electrons. The molecule has 0 radical (unpaired) electrons. The van der Waals surface area contributed by atoms with Crippen molar-refractivity contribution < 1.29 is 9.84 Å². The molecule has 2 heterocycles. The summed E-state index contributed by atoms with van der Waals surface area (Å²) in [6, 6.07) is 2.12. The summed E-state index contributed by atoms with van der Waals surface area (Å²) in [5, 5.41) is 12.9. The highest BCUT2D eigenvalue weighted by Crippen LogP contribution is 2.29. The number of nitrogens with two attached hydrogens (primary N) is 1. The standard InChI is InChI=1S/C13H20N4O2S/c1-2-9-8-10-11(15-4-3-6-19-7-5-18)16-13(14)17-12(10)20-9/h8,18H,2-7H2,1H3,(H3,14,15,16,17). The molecule has 0 saturated heterocycles. The van der Waals surface area contributed by atoms with Gasteiger partial charge in [0.2, 0.25) is 5.95 Å². The fourth-order valence-electron chi connectivity index (χ4n) is 1.84. The lowest BCUT2D eigenvalue weighted by Crippen LogP contribution is -2.09. The third-order valence-electron chi connectivity index (χ3n) is 2.80. The van der Waals surface area contributed by atoms with Crippen LogP contribution in [0.25, 0.3) is 10.2 Å².